The van der Waals surface area contributed by atoms with Crippen molar-refractivity contribution in [1.82, 2.24) is 30.0 Å². The van der Waals surface area contributed by atoms with Crippen LogP contribution in [0.3, 0.4) is 0 Å². The summed E-state index contributed by atoms with van der Waals surface area (Å²) >= 11 is 1.80. The van der Waals surface area contributed by atoms with Gasteiger partial charge in [-0.1, -0.05) is 12.1 Å². The highest BCUT2D eigenvalue weighted by Gasteiger charge is 2.35. The molecule has 0 amide bonds. The number of morpholine rings is 1. The molecular weight excluding hydrogens is 448 g/mol. The van der Waals surface area contributed by atoms with Gasteiger partial charge in [0.1, 0.15) is 6.33 Å². The Labute approximate surface area is 202 Å². The fourth-order valence-corrected chi connectivity index (χ4v) is 6.70. The lowest BCUT2D eigenvalue weighted by atomic mass is 9.93. The summed E-state index contributed by atoms with van der Waals surface area (Å²) in [5.74, 6) is 0.617. The van der Waals surface area contributed by atoms with E-state index in [1.807, 2.05) is 12.4 Å². The summed E-state index contributed by atoms with van der Waals surface area (Å²) in [6.45, 7) is 4.77. The van der Waals surface area contributed by atoms with Crippen LogP contribution >= 0.6 is 11.3 Å². The molecule has 2 aliphatic rings. The Hall–Kier alpha value is -2.43. The zero-order valence-corrected chi connectivity index (χ0v) is 20.0. The summed E-state index contributed by atoms with van der Waals surface area (Å²) in [6.07, 6.45) is 8.80. The Balaban J connectivity index is 1.31. The number of hydrogen-bond donors (Lipinski definition) is 2. The van der Waals surface area contributed by atoms with Crippen LogP contribution < -0.4 is 0 Å². The maximum Gasteiger partial charge on any atom is 0.116 e. The zero-order valence-electron chi connectivity index (χ0n) is 19.1. The molecule has 8 nitrogen and oxygen atoms in total. The van der Waals surface area contributed by atoms with E-state index in [-0.39, 0.29) is 18.9 Å². The topological polar surface area (TPSA) is 90.4 Å². The molecule has 4 aromatic rings. The fourth-order valence-electron chi connectivity index (χ4n) is 5.54. The number of piperidine rings is 1. The highest BCUT2D eigenvalue weighted by molar-refractivity contribution is 7.19. The van der Waals surface area contributed by atoms with E-state index in [0.29, 0.717) is 12.5 Å². The summed E-state index contributed by atoms with van der Waals surface area (Å²) < 4.78 is 7.43. The molecule has 2 atom stereocenters. The molecule has 34 heavy (non-hydrogen) atoms. The van der Waals surface area contributed by atoms with Gasteiger partial charge in [0.2, 0.25) is 0 Å². The van der Waals surface area contributed by atoms with Crippen molar-refractivity contribution in [2.75, 3.05) is 39.4 Å². The van der Waals surface area contributed by atoms with Crippen molar-refractivity contribution in [2.24, 2.45) is 5.92 Å². The molecule has 2 N–H and O–H groups in total. The van der Waals surface area contributed by atoms with Crippen LogP contribution in [0, 0.1) is 5.92 Å². The van der Waals surface area contributed by atoms with E-state index in [1.165, 1.54) is 10.4 Å². The molecule has 0 saturated carbocycles. The SMILES string of the molecule is OCCC1CCN(C(c2cc3ncncc3s2)N2CCOC(c3cccc4[nH]ncc34)C2)CC1. The third-order valence-electron chi connectivity index (χ3n) is 7.31. The lowest BCUT2D eigenvalue weighted by Gasteiger charge is -2.45. The van der Waals surface area contributed by atoms with Crippen molar-refractivity contribution in [3.8, 4) is 0 Å². The van der Waals surface area contributed by atoms with Crippen molar-refractivity contribution in [2.45, 2.75) is 31.5 Å². The predicted molar refractivity (Wildman–Crippen MR) is 133 cm³/mol. The largest absolute Gasteiger partial charge is 0.396 e. The molecule has 3 aromatic heterocycles. The number of hydrogen-bond acceptors (Lipinski definition) is 8. The minimum atomic E-state index is -0.00125. The average Bonchev–Trinajstić information content (AvgIpc) is 3.52. The second kappa shape index (κ2) is 9.67. The van der Waals surface area contributed by atoms with Gasteiger partial charge in [0.15, 0.2) is 0 Å². The number of rotatable bonds is 6. The van der Waals surface area contributed by atoms with E-state index in [2.05, 4.69) is 54.2 Å². The van der Waals surface area contributed by atoms with Gasteiger partial charge in [-0.15, -0.1) is 11.3 Å². The van der Waals surface area contributed by atoms with Gasteiger partial charge in [0, 0.05) is 49.2 Å². The highest BCUT2D eigenvalue weighted by atomic mass is 32.1. The van der Waals surface area contributed by atoms with E-state index in [0.717, 1.165) is 66.6 Å². The third kappa shape index (κ3) is 4.23. The summed E-state index contributed by atoms with van der Waals surface area (Å²) in [5, 5.41) is 17.9. The molecule has 6 rings (SSSR count). The lowest BCUT2D eigenvalue weighted by molar-refractivity contribution is -0.0822. The number of nitrogens with one attached hydrogen (secondary N) is 1. The zero-order chi connectivity index (χ0) is 22.9. The standard InChI is InChI=1S/C25H30N6O2S/c32-10-6-17-4-7-30(8-5-17)25(23-12-21-24(34-23)14-26-16-27-21)31-9-11-33-22(15-31)18-2-1-3-20-19(18)13-28-29-20/h1-3,12-14,16-17,22,25,32H,4-11,15H2,(H,28,29). The van der Waals surface area contributed by atoms with Gasteiger partial charge >= 0.3 is 0 Å². The van der Waals surface area contributed by atoms with Crippen molar-refractivity contribution < 1.29 is 9.84 Å². The first-order valence-corrected chi connectivity index (χ1v) is 12.9. The maximum atomic E-state index is 9.40. The van der Waals surface area contributed by atoms with Gasteiger partial charge in [-0.05, 0) is 42.9 Å². The van der Waals surface area contributed by atoms with Crippen LogP contribution in [0.1, 0.15) is 42.0 Å². The van der Waals surface area contributed by atoms with Crippen LogP contribution in [-0.2, 0) is 4.74 Å². The normalized spacial score (nSPS) is 22.0. The second-order valence-electron chi connectivity index (χ2n) is 9.32. The van der Waals surface area contributed by atoms with Crippen LogP contribution in [0.15, 0.2) is 43.0 Å². The molecule has 2 saturated heterocycles. The van der Waals surface area contributed by atoms with Gasteiger partial charge in [0.25, 0.3) is 0 Å². The number of aliphatic hydroxyl groups excluding tert-OH is 1. The molecule has 0 radical (unpaired) electrons. The molecule has 9 heteroatoms. The number of aromatic nitrogens is 4. The number of thiophene rings is 1. The number of aliphatic hydroxyl groups is 1. The Bertz CT molecular complexity index is 1220. The first kappa shape index (κ1) is 22.1. The highest BCUT2D eigenvalue weighted by Crippen LogP contribution is 2.39. The van der Waals surface area contributed by atoms with Crippen LogP contribution in [0.5, 0.6) is 0 Å². The minimum Gasteiger partial charge on any atom is -0.396 e. The fraction of sp³-hybridized carbons (Fsp3) is 0.480. The average molecular weight is 479 g/mol. The molecule has 178 valence electrons. The molecule has 1 aromatic carbocycles. The van der Waals surface area contributed by atoms with Gasteiger partial charge < -0.3 is 9.84 Å². The second-order valence-corrected chi connectivity index (χ2v) is 10.4. The quantitative estimate of drug-likeness (QED) is 0.436. The van der Waals surface area contributed by atoms with Gasteiger partial charge in [-0.2, -0.15) is 5.10 Å². The molecule has 2 unspecified atom stereocenters. The lowest BCUT2D eigenvalue weighted by Crippen LogP contribution is -2.49. The molecule has 2 aliphatic heterocycles. The van der Waals surface area contributed by atoms with E-state index in [9.17, 15) is 5.11 Å². The van der Waals surface area contributed by atoms with Crippen molar-refractivity contribution >= 4 is 32.5 Å². The molecule has 0 aliphatic carbocycles. The molecular formula is C25H30N6O2S. The summed E-state index contributed by atoms with van der Waals surface area (Å²) in [4.78, 5) is 15.3. The van der Waals surface area contributed by atoms with Gasteiger partial charge in [-0.3, -0.25) is 14.9 Å². The number of likely N-dealkylation sites (tertiary alicyclic amines) is 1. The third-order valence-corrected chi connectivity index (χ3v) is 8.41. The number of ether oxygens (including phenoxy) is 1. The van der Waals surface area contributed by atoms with Crippen molar-refractivity contribution in [3.05, 3.63) is 53.4 Å². The smallest absolute Gasteiger partial charge is 0.116 e. The first-order chi connectivity index (χ1) is 16.8. The van der Waals surface area contributed by atoms with Crippen LogP contribution in [0.25, 0.3) is 21.1 Å². The Kier molecular flexibility index (Phi) is 6.28. The van der Waals surface area contributed by atoms with Crippen LogP contribution in [-0.4, -0.2) is 74.5 Å². The van der Waals surface area contributed by atoms with Gasteiger partial charge in [0.05, 0.1) is 40.8 Å². The van der Waals surface area contributed by atoms with E-state index >= 15 is 0 Å². The van der Waals surface area contributed by atoms with Crippen molar-refractivity contribution in [3.63, 3.8) is 0 Å². The van der Waals surface area contributed by atoms with Crippen molar-refractivity contribution in [1.29, 1.82) is 0 Å². The molecule has 0 bridgehead atoms. The maximum absolute atomic E-state index is 9.40. The summed E-state index contributed by atoms with van der Waals surface area (Å²) in [6, 6.07) is 8.54. The molecule has 0 spiro atoms. The Morgan fingerprint density at radius 2 is 2.09 bits per heavy atom. The van der Waals surface area contributed by atoms with E-state index in [1.54, 1.807) is 17.7 Å². The Morgan fingerprint density at radius 3 is 2.94 bits per heavy atom. The van der Waals surface area contributed by atoms with E-state index in [4.69, 9.17) is 4.74 Å². The molecule has 2 fully saturated rings. The number of nitrogens with zero attached hydrogens (tertiary/aromatic N) is 5. The molecule has 5 heterocycles. The number of fused-ring (bicyclic) bond motifs is 2. The minimum absolute atomic E-state index is 0.00125. The monoisotopic (exact) mass is 478 g/mol. The van der Waals surface area contributed by atoms with Crippen LogP contribution in [0.2, 0.25) is 0 Å². The van der Waals surface area contributed by atoms with Gasteiger partial charge in [-0.25, -0.2) is 9.97 Å². The van der Waals surface area contributed by atoms with Crippen LogP contribution in [0.4, 0.5) is 0 Å². The first-order valence-electron chi connectivity index (χ1n) is 12.1. The Morgan fingerprint density at radius 1 is 1.18 bits per heavy atom. The summed E-state index contributed by atoms with van der Waals surface area (Å²) in [7, 11) is 0. The predicted octanol–water partition coefficient (Wildman–Crippen LogP) is 3.73. The number of benzene rings is 1. The summed E-state index contributed by atoms with van der Waals surface area (Å²) in [5.41, 5.74) is 3.26. The number of aromatic amines is 1. The van der Waals surface area contributed by atoms with E-state index < -0.39 is 0 Å². The number of H-pyrrole nitrogens is 1.